The minimum Gasteiger partial charge on any atom is -0.371 e. The second-order valence-electron chi connectivity index (χ2n) is 6.35. The van der Waals surface area contributed by atoms with E-state index >= 15 is 0 Å². The number of rotatable bonds is 4. The molecule has 4 rings (SSSR count). The standard InChI is InChI=1S/C18H19FN4O2/c19-14-7-12(3-4-13(14)17-10-20-5-6-25-17)23-18(24)16-9-21-15(8-22-16)11-1-2-11/h3-4,7-9,11,17,20H,1-2,5-6,10H2,(H,23,24). The van der Waals surface area contributed by atoms with Gasteiger partial charge < -0.3 is 15.4 Å². The summed E-state index contributed by atoms with van der Waals surface area (Å²) in [6.07, 6.45) is 5.07. The van der Waals surface area contributed by atoms with Gasteiger partial charge in [0.15, 0.2) is 0 Å². The summed E-state index contributed by atoms with van der Waals surface area (Å²) >= 11 is 0. The van der Waals surface area contributed by atoms with Gasteiger partial charge in [-0.3, -0.25) is 9.78 Å². The van der Waals surface area contributed by atoms with Gasteiger partial charge in [0.1, 0.15) is 11.5 Å². The van der Waals surface area contributed by atoms with Crippen LogP contribution in [0.5, 0.6) is 0 Å². The Morgan fingerprint density at radius 2 is 2.16 bits per heavy atom. The molecule has 1 saturated carbocycles. The lowest BCUT2D eigenvalue weighted by molar-refractivity contribution is 0.0255. The van der Waals surface area contributed by atoms with E-state index in [1.807, 2.05) is 0 Å². The van der Waals surface area contributed by atoms with E-state index < -0.39 is 11.7 Å². The molecule has 2 fully saturated rings. The topological polar surface area (TPSA) is 76.1 Å². The van der Waals surface area contributed by atoms with Crippen LogP contribution in [0, 0.1) is 5.82 Å². The third-order valence-corrected chi connectivity index (χ3v) is 4.43. The van der Waals surface area contributed by atoms with Crippen molar-refractivity contribution in [3.05, 3.63) is 53.4 Å². The number of carbonyl (C=O) groups is 1. The minimum atomic E-state index is -0.405. The van der Waals surface area contributed by atoms with Gasteiger partial charge >= 0.3 is 0 Å². The maximum atomic E-state index is 14.3. The van der Waals surface area contributed by atoms with E-state index in [-0.39, 0.29) is 11.8 Å². The first-order chi connectivity index (χ1) is 12.2. The zero-order chi connectivity index (χ0) is 17.2. The van der Waals surface area contributed by atoms with Gasteiger partial charge in [-0.1, -0.05) is 6.07 Å². The van der Waals surface area contributed by atoms with Gasteiger partial charge in [0.25, 0.3) is 5.91 Å². The number of amides is 1. The lowest BCUT2D eigenvalue weighted by Gasteiger charge is -2.24. The van der Waals surface area contributed by atoms with Crippen LogP contribution in [0.15, 0.2) is 30.6 Å². The zero-order valence-corrected chi connectivity index (χ0v) is 13.7. The van der Waals surface area contributed by atoms with Crippen LogP contribution in [0.3, 0.4) is 0 Å². The lowest BCUT2D eigenvalue weighted by Crippen LogP contribution is -2.33. The first-order valence-corrected chi connectivity index (χ1v) is 8.46. The van der Waals surface area contributed by atoms with Crippen molar-refractivity contribution in [2.45, 2.75) is 24.9 Å². The molecule has 2 aromatic rings. The monoisotopic (exact) mass is 342 g/mol. The van der Waals surface area contributed by atoms with Crippen molar-refractivity contribution in [1.82, 2.24) is 15.3 Å². The summed E-state index contributed by atoms with van der Waals surface area (Å²) < 4.78 is 19.9. The molecule has 1 aliphatic heterocycles. The average molecular weight is 342 g/mol. The molecule has 0 bridgehead atoms. The summed E-state index contributed by atoms with van der Waals surface area (Å²) in [6, 6.07) is 4.61. The molecule has 7 heteroatoms. The molecule has 1 saturated heterocycles. The molecule has 2 N–H and O–H groups in total. The van der Waals surface area contributed by atoms with Gasteiger partial charge in [-0.2, -0.15) is 0 Å². The van der Waals surface area contributed by atoms with E-state index in [2.05, 4.69) is 20.6 Å². The van der Waals surface area contributed by atoms with E-state index in [4.69, 9.17) is 4.74 Å². The molecule has 1 aromatic heterocycles. The number of nitrogens with zero attached hydrogens (tertiary/aromatic N) is 2. The summed E-state index contributed by atoms with van der Waals surface area (Å²) in [5.41, 5.74) is 2.00. The Morgan fingerprint density at radius 3 is 2.80 bits per heavy atom. The Hall–Kier alpha value is -2.38. The molecule has 1 atom stereocenters. The molecule has 1 aliphatic carbocycles. The summed E-state index contributed by atoms with van der Waals surface area (Å²) in [5.74, 6) is -0.318. The van der Waals surface area contributed by atoms with E-state index in [0.717, 1.165) is 25.1 Å². The predicted octanol–water partition coefficient (Wildman–Crippen LogP) is 2.41. The van der Waals surface area contributed by atoms with Crippen molar-refractivity contribution in [2.75, 3.05) is 25.0 Å². The fourth-order valence-corrected chi connectivity index (χ4v) is 2.87. The Bertz CT molecular complexity index is 771. The van der Waals surface area contributed by atoms with Crippen molar-refractivity contribution in [3.63, 3.8) is 0 Å². The average Bonchev–Trinajstić information content (AvgIpc) is 3.48. The molecule has 2 heterocycles. The number of morpholine rings is 1. The molecule has 1 aromatic carbocycles. The van der Waals surface area contributed by atoms with Crippen molar-refractivity contribution < 1.29 is 13.9 Å². The number of aromatic nitrogens is 2. The number of benzene rings is 1. The van der Waals surface area contributed by atoms with E-state index in [9.17, 15) is 9.18 Å². The number of anilines is 1. The van der Waals surface area contributed by atoms with Gasteiger partial charge in [0.2, 0.25) is 0 Å². The number of carbonyl (C=O) groups excluding carboxylic acids is 1. The Morgan fingerprint density at radius 1 is 1.28 bits per heavy atom. The Balaban J connectivity index is 1.44. The van der Waals surface area contributed by atoms with Crippen LogP contribution >= 0.6 is 0 Å². The Kier molecular flexibility index (Phi) is 4.42. The van der Waals surface area contributed by atoms with E-state index in [0.29, 0.717) is 30.3 Å². The number of hydrogen-bond acceptors (Lipinski definition) is 5. The van der Waals surface area contributed by atoms with Crippen LogP contribution in [-0.2, 0) is 4.74 Å². The predicted molar refractivity (Wildman–Crippen MR) is 89.9 cm³/mol. The Labute approximate surface area is 144 Å². The first kappa shape index (κ1) is 16.1. The fourth-order valence-electron chi connectivity index (χ4n) is 2.87. The highest BCUT2D eigenvalue weighted by molar-refractivity contribution is 6.02. The van der Waals surface area contributed by atoms with Gasteiger partial charge in [-0.15, -0.1) is 0 Å². The molecule has 1 amide bonds. The third-order valence-electron chi connectivity index (χ3n) is 4.43. The fraction of sp³-hybridized carbons (Fsp3) is 0.389. The van der Waals surface area contributed by atoms with Gasteiger partial charge in [-0.05, 0) is 25.0 Å². The number of hydrogen-bond donors (Lipinski definition) is 2. The molecule has 2 aliphatic rings. The number of ether oxygens (including phenoxy) is 1. The minimum absolute atomic E-state index is 0.216. The lowest BCUT2D eigenvalue weighted by atomic mass is 10.1. The van der Waals surface area contributed by atoms with Crippen molar-refractivity contribution in [1.29, 1.82) is 0 Å². The van der Waals surface area contributed by atoms with Crippen molar-refractivity contribution >= 4 is 11.6 Å². The summed E-state index contributed by atoms with van der Waals surface area (Å²) in [4.78, 5) is 20.7. The maximum Gasteiger partial charge on any atom is 0.275 e. The second-order valence-corrected chi connectivity index (χ2v) is 6.35. The normalized spacial score (nSPS) is 20.3. The summed E-state index contributed by atoms with van der Waals surface area (Å²) in [7, 11) is 0. The molecule has 0 radical (unpaired) electrons. The molecule has 0 spiro atoms. The molecule has 6 nitrogen and oxygen atoms in total. The number of nitrogens with one attached hydrogen (secondary N) is 2. The van der Waals surface area contributed by atoms with E-state index in [1.54, 1.807) is 18.3 Å². The number of halogens is 1. The smallest absolute Gasteiger partial charge is 0.275 e. The molecular weight excluding hydrogens is 323 g/mol. The summed E-state index contributed by atoms with van der Waals surface area (Å²) in [6.45, 7) is 1.90. The highest BCUT2D eigenvalue weighted by Crippen LogP contribution is 2.38. The van der Waals surface area contributed by atoms with Crippen LogP contribution in [0.2, 0.25) is 0 Å². The molecular formula is C18H19FN4O2. The van der Waals surface area contributed by atoms with Crippen LogP contribution in [0.25, 0.3) is 0 Å². The van der Waals surface area contributed by atoms with Gasteiger partial charge in [-0.25, -0.2) is 9.37 Å². The second kappa shape index (κ2) is 6.85. The largest absolute Gasteiger partial charge is 0.371 e. The molecule has 130 valence electrons. The van der Waals surface area contributed by atoms with Crippen LogP contribution in [0.1, 0.15) is 46.6 Å². The highest BCUT2D eigenvalue weighted by Gasteiger charge is 2.25. The quantitative estimate of drug-likeness (QED) is 0.892. The maximum absolute atomic E-state index is 14.3. The third kappa shape index (κ3) is 3.67. The van der Waals surface area contributed by atoms with Crippen LogP contribution in [-0.4, -0.2) is 35.6 Å². The zero-order valence-electron chi connectivity index (χ0n) is 13.7. The van der Waals surface area contributed by atoms with E-state index in [1.165, 1.54) is 12.3 Å². The summed E-state index contributed by atoms with van der Waals surface area (Å²) in [5, 5.41) is 5.82. The first-order valence-electron chi connectivity index (χ1n) is 8.46. The van der Waals surface area contributed by atoms with Gasteiger partial charge in [0.05, 0.1) is 24.6 Å². The highest BCUT2D eigenvalue weighted by atomic mass is 19.1. The van der Waals surface area contributed by atoms with Crippen molar-refractivity contribution in [3.8, 4) is 0 Å². The van der Waals surface area contributed by atoms with Gasteiger partial charge in [0, 0.05) is 36.5 Å². The SMILES string of the molecule is O=C(Nc1ccc(C2CNCCO2)c(F)c1)c1cnc(C2CC2)cn1. The van der Waals surface area contributed by atoms with Crippen LogP contribution < -0.4 is 10.6 Å². The van der Waals surface area contributed by atoms with Crippen molar-refractivity contribution in [2.24, 2.45) is 0 Å². The molecule has 25 heavy (non-hydrogen) atoms. The van der Waals surface area contributed by atoms with Crippen LogP contribution in [0.4, 0.5) is 10.1 Å². The molecule has 1 unspecified atom stereocenters.